The zero-order valence-electron chi connectivity index (χ0n) is 11.3. The lowest BCUT2D eigenvalue weighted by Gasteiger charge is -2.22. The van der Waals surface area contributed by atoms with Crippen LogP contribution in [0.15, 0.2) is 36.7 Å². The van der Waals surface area contributed by atoms with Crippen LogP contribution >= 0.6 is 0 Å². The van der Waals surface area contributed by atoms with E-state index in [2.05, 4.69) is 39.5 Å². The van der Waals surface area contributed by atoms with Gasteiger partial charge in [-0.3, -0.25) is 0 Å². The van der Waals surface area contributed by atoms with E-state index in [4.69, 9.17) is 0 Å². The van der Waals surface area contributed by atoms with Crippen molar-refractivity contribution < 1.29 is 0 Å². The summed E-state index contributed by atoms with van der Waals surface area (Å²) in [6.07, 6.45) is 5.02. The molecule has 0 bridgehead atoms. The Morgan fingerprint density at radius 2 is 1.95 bits per heavy atom. The van der Waals surface area contributed by atoms with Crippen molar-refractivity contribution in [2.75, 3.05) is 31.1 Å². The number of aromatic nitrogens is 2. The lowest BCUT2D eigenvalue weighted by molar-refractivity contribution is 0.724. The molecule has 0 radical (unpaired) electrons. The molecule has 0 amide bonds. The molecule has 2 heterocycles. The molecule has 3 rings (SSSR count). The molecule has 1 aliphatic rings. The van der Waals surface area contributed by atoms with Crippen LogP contribution in [0.4, 0.5) is 5.69 Å². The van der Waals surface area contributed by atoms with Gasteiger partial charge >= 0.3 is 0 Å². The first-order valence-corrected chi connectivity index (χ1v) is 6.88. The average molecular weight is 256 g/mol. The van der Waals surface area contributed by atoms with Crippen molar-refractivity contribution in [3.05, 3.63) is 36.7 Å². The maximum atomic E-state index is 4.38. The number of imidazole rings is 1. The summed E-state index contributed by atoms with van der Waals surface area (Å²) in [4.78, 5) is 6.83. The first-order valence-electron chi connectivity index (χ1n) is 6.88. The predicted molar refractivity (Wildman–Crippen MR) is 78.3 cm³/mol. The van der Waals surface area contributed by atoms with Crippen LogP contribution in [0.2, 0.25) is 0 Å². The normalized spacial score (nSPS) is 16.4. The highest BCUT2D eigenvalue weighted by molar-refractivity contribution is 5.60. The smallest absolute Gasteiger partial charge is 0.139 e. The third-order valence-corrected chi connectivity index (χ3v) is 3.65. The molecule has 1 fully saturated rings. The van der Waals surface area contributed by atoms with E-state index < -0.39 is 0 Å². The number of aryl methyl sites for hydroxylation is 1. The maximum Gasteiger partial charge on any atom is 0.139 e. The molecule has 0 unspecified atom stereocenters. The van der Waals surface area contributed by atoms with E-state index in [1.165, 1.54) is 17.7 Å². The molecule has 4 heteroatoms. The summed E-state index contributed by atoms with van der Waals surface area (Å²) >= 11 is 0. The Hall–Kier alpha value is -1.81. The zero-order chi connectivity index (χ0) is 13.1. The molecule has 2 aromatic rings. The second-order valence-corrected chi connectivity index (χ2v) is 5.00. The molecule has 0 saturated carbocycles. The number of hydrogen-bond acceptors (Lipinski definition) is 3. The molecule has 0 aliphatic carbocycles. The summed E-state index contributed by atoms with van der Waals surface area (Å²) in [5.74, 6) is 1.02. The van der Waals surface area contributed by atoms with Gasteiger partial charge in [-0.25, -0.2) is 4.98 Å². The van der Waals surface area contributed by atoms with Gasteiger partial charge in [-0.1, -0.05) is 0 Å². The summed E-state index contributed by atoms with van der Waals surface area (Å²) < 4.78 is 2.05. The minimum atomic E-state index is 1.02. The summed E-state index contributed by atoms with van der Waals surface area (Å²) in [5, 5.41) is 3.43. The van der Waals surface area contributed by atoms with Crippen LogP contribution in [0.25, 0.3) is 11.4 Å². The van der Waals surface area contributed by atoms with Crippen LogP contribution in [-0.4, -0.2) is 35.7 Å². The Morgan fingerprint density at radius 1 is 1.11 bits per heavy atom. The summed E-state index contributed by atoms with van der Waals surface area (Å²) in [7, 11) is 2.02. The fourth-order valence-electron chi connectivity index (χ4n) is 2.57. The van der Waals surface area contributed by atoms with Crippen molar-refractivity contribution in [1.82, 2.24) is 14.9 Å². The van der Waals surface area contributed by atoms with E-state index in [1.807, 2.05) is 24.0 Å². The van der Waals surface area contributed by atoms with Gasteiger partial charge in [0.1, 0.15) is 5.82 Å². The largest absolute Gasteiger partial charge is 0.370 e. The molecule has 1 N–H and O–H groups in total. The van der Waals surface area contributed by atoms with Crippen LogP contribution in [0.5, 0.6) is 0 Å². The van der Waals surface area contributed by atoms with Gasteiger partial charge in [-0.2, -0.15) is 0 Å². The second-order valence-electron chi connectivity index (χ2n) is 5.00. The Labute approximate surface area is 114 Å². The van der Waals surface area contributed by atoms with Crippen molar-refractivity contribution in [3.8, 4) is 11.4 Å². The van der Waals surface area contributed by atoms with Crippen LogP contribution in [0, 0.1) is 0 Å². The second kappa shape index (κ2) is 5.45. The van der Waals surface area contributed by atoms with Gasteiger partial charge in [-0.05, 0) is 37.2 Å². The Balaban J connectivity index is 1.80. The van der Waals surface area contributed by atoms with E-state index in [1.54, 1.807) is 0 Å². The van der Waals surface area contributed by atoms with E-state index in [9.17, 15) is 0 Å². The van der Waals surface area contributed by atoms with Gasteiger partial charge in [0.05, 0.1) is 0 Å². The molecule has 1 aromatic heterocycles. The number of rotatable bonds is 2. The van der Waals surface area contributed by atoms with Crippen molar-refractivity contribution in [2.24, 2.45) is 7.05 Å². The molecule has 1 aromatic carbocycles. The van der Waals surface area contributed by atoms with Gasteiger partial charge in [0.15, 0.2) is 0 Å². The van der Waals surface area contributed by atoms with Gasteiger partial charge in [-0.15, -0.1) is 0 Å². The van der Waals surface area contributed by atoms with E-state index in [-0.39, 0.29) is 0 Å². The first-order chi connectivity index (χ1) is 9.34. The molecule has 19 heavy (non-hydrogen) atoms. The molecule has 1 aliphatic heterocycles. The SMILES string of the molecule is Cn1ccnc1-c1ccc(N2CCCNCC2)cc1. The predicted octanol–water partition coefficient (Wildman–Crippen LogP) is 1.89. The number of benzene rings is 1. The van der Waals surface area contributed by atoms with E-state index in [0.29, 0.717) is 0 Å². The molecular formula is C15H20N4. The van der Waals surface area contributed by atoms with Crippen LogP contribution in [0.1, 0.15) is 6.42 Å². The fourth-order valence-corrected chi connectivity index (χ4v) is 2.57. The zero-order valence-corrected chi connectivity index (χ0v) is 11.3. The number of hydrogen-bond donors (Lipinski definition) is 1. The van der Waals surface area contributed by atoms with Crippen molar-refractivity contribution in [2.45, 2.75) is 6.42 Å². The monoisotopic (exact) mass is 256 g/mol. The lowest BCUT2D eigenvalue weighted by atomic mass is 10.2. The van der Waals surface area contributed by atoms with Gasteiger partial charge in [0.2, 0.25) is 0 Å². The number of nitrogens with zero attached hydrogens (tertiary/aromatic N) is 3. The summed E-state index contributed by atoms with van der Waals surface area (Å²) in [5.41, 5.74) is 2.48. The van der Waals surface area contributed by atoms with Crippen LogP contribution in [0.3, 0.4) is 0 Å². The molecule has 1 saturated heterocycles. The topological polar surface area (TPSA) is 33.1 Å². The standard InChI is InChI=1S/C15H20N4/c1-18-11-9-17-15(18)13-3-5-14(6-4-13)19-10-2-7-16-8-12-19/h3-6,9,11,16H,2,7-8,10,12H2,1H3. The summed E-state index contributed by atoms with van der Waals surface area (Å²) in [6.45, 7) is 4.42. The maximum absolute atomic E-state index is 4.38. The van der Waals surface area contributed by atoms with Crippen LogP contribution in [-0.2, 0) is 7.05 Å². The van der Waals surface area contributed by atoms with Gasteiger partial charge in [0.25, 0.3) is 0 Å². The van der Waals surface area contributed by atoms with Gasteiger partial charge < -0.3 is 14.8 Å². The fraction of sp³-hybridized carbons (Fsp3) is 0.400. The molecule has 4 nitrogen and oxygen atoms in total. The highest BCUT2D eigenvalue weighted by atomic mass is 15.2. The molecule has 0 spiro atoms. The Bertz CT molecular complexity index is 521. The van der Waals surface area contributed by atoms with Crippen molar-refractivity contribution in [3.63, 3.8) is 0 Å². The Kier molecular flexibility index (Phi) is 3.51. The van der Waals surface area contributed by atoms with Crippen molar-refractivity contribution in [1.29, 1.82) is 0 Å². The number of anilines is 1. The quantitative estimate of drug-likeness (QED) is 0.890. The lowest BCUT2D eigenvalue weighted by Crippen LogP contribution is -2.27. The minimum absolute atomic E-state index is 1.02. The Morgan fingerprint density at radius 3 is 2.68 bits per heavy atom. The third-order valence-electron chi connectivity index (χ3n) is 3.65. The number of nitrogens with one attached hydrogen (secondary N) is 1. The van der Waals surface area contributed by atoms with E-state index >= 15 is 0 Å². The van der Waals surface area contributed by atoms with Crippen molar-refractivity contribution >= 4 is 5.69 Å². The highest BCUT2D eigenvalue weighted by Gasteiger charge is 2.10. The minimum Gasteiger partial charge on any atom is -0.370 e. The average Bonchev–Trinajstić information content (AvgIpc) is 2.71. The molecule has 0 atom stereocenters. The van der Waals surface area contributed by atoms with Crippen LogP contribution < -0.4 is 10.2 Å². The van der Waals surface area contributed by atoms with E-state index in [0.717, 1.165) is 32.0 Å². The molecule has 100 valence electrons. The first kappa shape index (κ1) is 12.2. The third kappa shape index (κ3) is 2.63. The van der Waals surface area contributed by atoms with Gasteiger partial charge in [0, 0.05) is 50.3 Å². The highest BCUT2D eigenvalue weighted by Crippen LogP contribution is 2.22. The molecular weight excluding hydrogens is 236 g/mol. The summed E-state index contributed by atoms with van der Waals surface area (Å²) in [6, 6.07) is 8.73.